The quantitative estimate of drug-likeness (QED) is 0.430. The van der Waals surface area contributed by atoms with Crippen LogP contribution in [0.1, 0.15) is 16.9 Å². The minimum atomic E-state index is -0.239. The van der Waals surface area contributed by atoms with E-state index in [0.717, 1.165) is 11.1 Å². The Bertz CT molecular complexity index is 985. The summed E-state index contributed by atoms with van der Waals surface area (Å²) in [6, 6.07) is 23.0. The first-order chi connectivity index (χ1) is 15.7. The standard InChI is InChI=1S/C26H28N2O4/c1-31-18-16-27(25(29)15-14-22-9-4-2-5-10-22)21-26(30)28(20-24-13-8-17-32-24)19-23-11-6-3-7-12-23/h2-15,17H,16,18-21H2,1H3. The molecule has 0 radical (unpaired) electrons. The van der Waals surface area contributed by atoms with Crippen molar-refractivity contribution in [3.05, 3.63) is 102 Å². The first kappa shape index (κ1) is 23.0. The average Bonchev–Trinajstić information content (AvgIpc) is 3.34. The van der Waals surface area contributed by atoms with Gasteiger partial charge in [0.15, 0.2) is 0 Å². The zero-order chi connectivity index (χ0) is 22.6. The Labute approximate surface area is 188 Å². The molecule has 0 saturated carbocycles. The normalized spacial score (nSPS) is 10.9. The van der Waals surface area contributed by atoms with Crippen molar-refractivity contribution in [2.45, 2.75) is 13.1 Å². The van der Waals surface area contributed by atoms with Gasteiger partial charge < -0.3 is 19.0 Å². The molecule has 1 aromatic heterocycles. The summed E-state index contributed by atoms with van der Waals surface area (Å²) in [5, 5.41) is 0. The second-order valence-electron chi connectivity index (χ2n) is 7.31. The summed E-state index contributed by atoms with van der Waals surface area (Å²) in [6.45, 7) is 1.36. The lowest BCUT2D eigenvalue weighted by molar-refractivity contribution is -0.139. The van der Waals surface area contributed by atoms with Crippen LogP contribution >= 0.6 is 0 Å². The van der Waals surface area contributed by atoms with Gasteiger partial charge in [0.1, 0.15) is 12.3 Å². The maximum absolute atomic E-state index is 13.3. The monoisotopic (exact) mass is 432 g/mol. The van der Waals surface area contributed by atoms with E-state index >= 15 is 0 Å². The first-order valence-electron chi connectivity index (χ1n) is 10.5. The summed E-state index contributed by atoms with van der Waals surface area (Å²) in [7, 11) is 1.57. The average molecular weight is 433 g/mol. The highest BCUT2D eigenvalue weighted by atomic mass is 16.5. The van der Waals surface area contributed by atoms with Crippen LogP contribution in [0.5, 0.6) is 0 Å². The molecule has 0 atom stereocenters. The highest BCUT2D eigenvalue weighted by Gasteiger charge is 2.21. The molecule has 0 aliphatic rings. The van der Waals surface area contributed by atoms with Crippen molar-refractivity contribution in [3.63, 3.8) is 0 Å². The number of furan rings is 1. The molecule has 0 fully saturated rings. The molecule has 0 unspecified atom stereocenters. The van der Waals surface area contributed by atoms with Gasteiger partial charge in [-0.3, -0.25) is 9.59 Å². The van der Waals surface area contributed by atoms with Crippen molar-refractivity contribution >= 4 is 17.9 Å². The molecule has 0 aliphatic carbocycles. The molecule has 6 nitrogen and oxygen atoms in total. The van der Waals surface area contributed by atoms with Gasteiger partial charge in [0.05, 0.1) is 19.4 Å². The highest BCUT2D eigenvalue weighted by Crippen LogP contribution is 2.12. The molecule has 0 aliphatic heterocycles. The van der Waals surface area contributed by atoms with E-state index in [4.69, 9.17) is 9.15 Å². The SMILES string of the molecule is COCCN(CC(=O)N(Cc1ccccc1)Cc1ccco1)C(=O)C=Cc1ccccc1. The second kappa shape index (κ2) is 12.3. The third kappa shape index (κ3) is 7.25. The van der Waals surface area contributed by atoms with E-state index in [2.05, 4.69) is 0 Å². The number of hydrogen-bond donors (Lipinski definition) is 0. The number of nitrogens with zero attached hydrogens (tertiary/aromatic N) is 2. The van der Waals surface area contributed by atoms with Gasteiger partial charge in [-0.15, -0.1) is 0 Å². The second-order valence-corrected chi connectivity index (χ2v) is 7.31. The van der Waals surface area contributed by atoms with Crippen molar-refractivity contribution in [1.82, 2.24) is 9.80 Å². The third-order valence-corrected chi connectivity index (χ3v) is 4.92. The predicted octanol–water partition coefficient (Wildman–Crippen LogP) is 4.00. The van der Waals surface area contributed by atoms with Gasteiger partial charge in [-0.05, 0) is 29.3 Å². The van der Waals surface area contributed by atoms with Gasteiger partial charge in [0.2, 0.25) is 11.8 Å². The zero-order valence-electron chi connectivity index (χ0n) is 18.2. The van der Waals surface area contributed by atoms with Gasteiger partial charge in [0, 0.05) is 26.3 Å². The van der Waals surface area contributed by atoms with Crippen molar-refractivity contribution < 1.29 is 18.7 Å². The molecule has 166 valence electrons. The number of rotatable bonds is 11. The fourth-order valence-corrected chi connectivity index (χ4v) is 3.20. The summed E-state index contributed by atoms with van der Waals surface area (Å²) in [6.07, 6.45) is 4.83. The van der Waals surface area contributed by atoms with Gasteiger partial charge in [-0.2, -0.15) is 0 Å². The van der Waals surface area contributed by atoms with Gasteiger partial charge in [0.25, 0.3) is 0 Å². The molecule has 0 bridgehead atoms. The predicted molar refractivity (Wildman–Crippen MR) is 123 cm³/mol. The van der Waals surface area contributed by atoms with E-state index < -0.39 is 0 Å². The van der Waals surface area contributed by atoms with E-state index in [1.165, 1.54) is 11.0 Å². The molecule has 6 heteroatoms. The Hall–Kier alpha value is -3.64. The van der Waals surface area contributed by atoms with E-state index in [0.29, 0.717) is 32.0 Å². The number of carbonyl (C=O) groups excluding carboxylic acids is 2. The zero-order valence-corrected chi connectivity index (χ0v) is 18.2. The lowest BCUT2D eigenvalue weighted by Crippen LogP contribution is -2.43. The molecule has 32 heavy (non-hydrogen) atoms. The summed E-state index contributed by atoms with van der Waals surface area (Å²) >= 11 is 0. The molecule has 1 heterocycles. The number of ether oxygens (including phenoxy) is 1. The fraction of sp³-hybridized carbons (Fsp3) is 0.231. The molecular formula is C26H28N2O4. The Balaban J connectivity index is 1.72. The number of methoxy groups -OCH3 is 1. The highest BCUT2D eigenvalue weighted by molar-refractivity contribution is 5.94. The van der Waals surface area contributed by atoms with E-state index in [1.807, 2.05) is 66.7 Å². The van der Waals surface area contributed by atoms with Crippen LogP contribution in [0, 0.1) is 0 Å². The number of hydrogen-bond acceptors (Lipinski definition) is 4. The Morgan fingerprint density at radius 2 is 1.62 bits per heavy atom. The van der Waals surface area contributed by atoms with Crippen molar-refractivity contribution in [1.29, 1.82) is 0 Å². The van der Waals surface area contributed by atoms with E-state index in [-0.39, 0.29) is 18.4 Å². The molecule has 0 saturated heterocycles. The number of benzene rings is 2. The van der Waals surface area contributed by atoms with Crippen LogP contribution in [0.25, 0.3) is 6.08 Å². The topological polar surface area (TPSA) is 63.0 Å². The van der Waals surface area contributed by atoms with Crippen molar-refractivity contribution in [2.75, 3.05) is 26.8 Å². The van der Waals surface area contributed by atoms with Crippen LogP contribution in [-0.4, -0.2) is 48.4 Å². The Morgan fingerprint density at radius 3 is 2.28 bits per heavy atom. The maximum atomic E-state index is 13.3. The largest absolute Gasteiger partial charge is 0.467 e. The molecule has 2 amide bonds. The summed E-state index contributed by atoms with van der Waals surface area (Å²) in [4.78, 5) is 29.3. The maximum Gasteiger partial charge on any atom is 0.247 e. The fourth-order valence-electron chi connectivity index (χ4n) is 3.20. The lowest BCUT2D eigenvalue weighted by atomic mass is 10.2. The van der Waals surface area contributed by atoms with Crippen molar-refractivity contribution in [3.8, 4) is 0 Å². The van der Waals surface area contributed by atoms with Gasteiger partial charge in [-0.1, -0.05) is 60.7 Å². The number of amides is 2. The van der Waals surface area contributed by atoms with Crippen LogP contribution in [-0.2, 0) is 27.4 Å². The molecule has 0 N–H and O–H groups in total. The molecule has 0 spiro atoms. The van der Waals surface area contributed by atoms with Crippen LogP contribution in [0.4, 0.5) is 0 Å². The third-order valence-electron chi connectivity index (χ3n) is 4.92. The number of carbonyl (C=O) groups is 2. The first-order valence-corrected chi connectivity index (χ1v) is 10.5. The van der Waals surface area contributed by atoms with Crippen LogP contribution in [0.3, 0.4) is 0 Å². The summed E-state index contributed by atoms with van der Waals surface area (Å²) < 4.78 is 10.6. The molecule has 2 aromatic carbocycles. The lowest BCUT2D eigenvalue weighted by Gasteiger charge is -2.26. The molecule has 3 aromatic rings. The summed E-state index contributed by atoms with van der Waals surface area (Å²) in [5.74, 6) is 0.285. The van der Waals surface area contributed by atoms with E-state index in [1.54, 1.807) is 30.4 Å². The van der Waals surface area contributed by atoms with Gasteiger partial charge in [-0.25, -0.2) is 0 Å². The van der Waals surface area contributed by atoms with Crippen LogP contribution in [0.15, 0.2) is 89.6 Å². The van der Waals surface area contributed by atoms with Crippen molar-refractivity contribution in [2.24, 2.45) is 0 Å². The minimum Gasteiger partial charge on any atom is -0.467 e. The molecular weight excluding hydrogens is 404 g/mol. The minimum absolute atomic E-state index is 0.0468. The Kier molecular flexibility index (Phi) is 8.83. The smallest absolute Gasteiger partial charge is 0.247 e. The van der Waals surface area contributed by atoms with Crippen LogP contribution < -0.4 is 0 Å². The summed E-state index contributed by atoms with van der Waals surface area (Å²) in [5.41, 5.74) is 1.92. The Morgan fingerprint density at radius 1 is 0.906 bits per heavy atom. The van der Waals surface area contributed by atoms with E-state index in [9.17, 15) is 9.59 Å². The molecule has 3 rings (SSSR count). The van der Waals surface area contributed by atoms with Gasteiger partial charge >= 0.3 is 0 Å². The van der Waals surface area contributed by atoms with Crippen LogP contribution in [0.2, 0.25) is 0 Å².